The predicted octanol–water partition coefficient (Wildman–Crippen LogP) is 1.42. The molecule has 0 bridgehead atoms. The first-order chi connectivity index (χ1) is 10.3. The van der Waals surface area contributed by atoms with Gasteiger partial charge < -0.3 is 18.9 Å². The second-order valence-electron chi connectivity index (χ2n) is 4.52. The number of ether oxygens (including phenoxy) is 4. The van der Waals surface area contributed by atoms with Gasteiger partial charge in [0.15, 0.2) is 11.5 Å². The number of rotatable bonds is 5. The molecule has 0 atom stereocenters. The molecule has 1 aliphatic heterocycles. The van der Waals surface area contributed by atoms with Gasteiger partial charge in [0.05, 0.1) is 34.0 Å². The number of morpholine rings is 1. The van der Waals surface area contributed by atoms with E-state index in [9.17, 15) is 0 Å². The van der Waals surface area contributed by atoms with Crippen LogP contribution in [0.3, 0.4) is 0 Å². The molecule has 0 unspecified atom stereocenters. The van der Waals surface area contributed by atoms with Crippen LogP contribution in [-0.4, -0.2) is 58.6 Å². The van der Waals surface area contributed by atoms with E-state index in [4.69, 9.17) is 18.9 Å². The minimum absolute atomic E-state index is 0.307. The van der Waals surface area contributed by atoms with Crippen LogP contribution in [0, 0.1) is 11.8 Å². The average Bonchev–Trinajstić information content (AvgIpc) is 2.55. The van der Waals surface area contributed by atoms with E-state index in [1.54, 1.807) is 14.2 Å². The molecule has 0 aromatic heterocycles. The van der Waals surface area contributed by atoms with Gasteiger partial charge in [0.25, 0.3) is 0 Å². The third kappa shape index (κ3) is 4.55. The molecule has 1 saturated heterocycles. The smallest absolute Gasteiger partial charge is 0.204 e. The Labute approximate surface area is 125 Å². The minimum Gasteiger partial charge on any atom is -0.493 e. The van der Waals surface area contributed by atoms with Crippen LogP contribution in [0.15, 0.2) is 18.2 Å². The van der Waals surface area contributed by atoms with Gasteiger partial charge in [-0.15, -0.1) is 0 Å². The van der Waals surface area contributed by atoms with Gasteiger partial charge in [0, 0.05) is 13.1 Å². The highest BCUT2D eigenvalue weighted by Gasteiger charge is 2.10. The van der Waals surface area contributed by atoms with Gasteiger partial charge >= 0.3 is 0 Å². The number of para-hydroxylation sites is 1. The fraction of sp³-hybridized carbons (Fsp3) is 0.500. The number of methoxy groups -OCH3 is 2. The van der Waals surface area contributed by atoms with Crippen LogP contribution >= 0.6 is 0 Å². The molecule has 1 fully saturated rings. The summed E-state index contributed by atoms with van der Waals surface area (Å²) in [6.45, 7) is 4.51. The summed E-state index contributed by atoms with van der Waals surface area (Å²) < 4.78 is 21.5. The number of nitrogens with zero attached hydrogens (tertiary/aromatic N) is 1. The van der Waals surface area contributed by atoms with E-state index >= 15 is 0 Å². The van der Waals surface area contributed by atoms with Gasteiger partial charge in [-0.1, -0.05) is 17.9 Å². The van der Waals surface area contributed by atoms with Crippen LogP contribution in [0.1, 0.15) is 0 Å². The first-order valence-corrected chi connectivity index (χ1v) is 6.94. The minimum atomic E-state index is 0.307. The van der Waals surface area contributed by atoms with Crippen molar-refractivity contribution < 1.29 is 18.9 Å². The van der Waals surface area contributed by atoms with Crippen molar-refractivity contribution in [2.24, 2.45) is 0 Å². The molecule has 1 aromatic rings. The number of benzene rings is 1. The first kappa shape index (κ1) is 15.5. The average molecular weight is 291 g/mol. The first-order valence-electron chi connectivity index (χ1n) is 6.94. The van der Waals surface area contributed by atoms with Crippen molar-refractivity contribution in [3.8, 4) is 29.1 Å². The third-order valence-electron chi connectivity index (χ3n) is 3.20. The quantitative estimate of drug-likeness (QED) is 0.767. The highest BCUT2D eigenvalue weighted by atomic mass is 16.5. The highest BCUT2D eigenvalue weighted by Crippen LogP contribution is 2.36. The Balaban J connectivity index is 1.85. The Kier molecular flexibility index (Phi) is 6.20. The van der Waals surface area contributed by atoms with Crippen molar-refractivity contribution in [3.05, 3.63) is 18.2 Å². The van der Waals surface area contributed by atoms with Crippen molar-refractivity contribution in [3.63, 3.8) is 0 Å². The summed E-state index contributed by atoms with van der Waals surface area (Å²) in [4.78, 5) is 2.26. The molecule has 0 radical (unpaired) electrons. The monoisotopic (exact) mass is 291 g/mol. The molecular formula is C16H21NO4. The normalized spacial score (nSPS) is 15.0. The molecule has 5 heteroatoms. The van der Waals surface area contributed by atoms with Gasteiger partial charge in [0.2, 0.25) is 5.75 Å². The fourth-order valence-electron chi connectivity index (χ4n) is 2.05. The van der Waals surface area contributed by atoms with Crippen LogP contribution in [0.25, 0.3) is 0 Å². The molecule has 114 valence electrons. The van der Waals surface area contributed by atoms with E-state index in [1.807, 2.05) is 18.2 Å². The van der Waals surface area contributed by atoms with Crippen molar-refractivity contribution in [1.82, 2.24) is 4.90 Å². The van der Waals surface area contributed by atoms with Gasteiger partial charge in [-0.25, -0.2) is 0 Å². The lowest BCUT2D eigenvalue weighted by molar-refractivity contribution is 0.0443. The summed E-state index contributed by atoms with van der Waals surface area (Å²) in [5.74, 6) is 8.00. The lowest BCUT2D eigenvalue weighted by Gasteiger charge is -2.24. The molecular weight excluding hydrogens is 270 g/mol. The van der Waals surface area contributed by atoms with Crippen LogP contribution in [0.2, 0.25) is 0 Å². The van der Waals surface area contributed by atoms with Gasteiger partial charge in [-0.2, -0.15) is 0 Å². The van der Waals surface area contributed by atoms with E-state index in [0.717, 1.165) is 32.8 Å². The van der Waals surface area contributed by atoms with E-state index in [1.165, 1.54) is 0 Å². The molecule has 0 amide bonds. The Morgan fingerprint density at radius 3 is 2.38 bits per heavy atom. The summed E-state index contributed by atoms with van der Waals surface area (Å²) in [7, 11) is 3.21. The summed E-state index contributed by atoms with van der Waals surface area (Å²) in [5.41, 5.74) is 0. The molecule has 1 aromatic carbocycles. The highest BCUT2D eigenvalue weighted by molar-refractivity contribution is 5.51. The van der Waals surface area contributed by atoms with E-state index in [-0.39, 0.29) is 0 Å². The van der Waals surface area contributed by atoms with Gasteiger partial charge in [-0.3, -0.25) is 4.90 Å². The number of hydrogen-bond acceptors (Lipinski definition) is 5. The Bertz CT molecular complexity index is 478. The second kappa shape index (κ2) is 8.40. The molecule has 2 rings (SSSR count). The molecule has 0 spiro atoms. The molecule has 0 aliphatic carbocycles. The topological polar surface area (TPSA) is 40.2 Å². The Morgan fingerprint density at radius 1 is 1.10 bits per heavy atom. The fourth-order valence-corrected chi connectivity index (χ4v) is 2.05. The van der Waals surface area contributed by atoms with Crippen molar-refractivity contribution in [2.75, 3.05) is 53.7 Å². The standard InChI is InChI=1S/C16H21NO4/c1-18-14-6-5-7-15(19-2)16(14)21-11-4-3-8-17-9-12-20-13-10-17/h5-7H,8-13H2,1-2H3. The van der Waals surface area contributed by atoms with E-state index in [0.29, 0.717) is 23.9 Å². The van der Waals surface area contributed by atoms with E-state index < -0.39 is 0 Å². The van der Waals surface area contributed by atoms with Crippen molar-refractivity contribution >= 4 is 0 Å². The maximum atomic E-state index is 5.67. The van der Waals surface area contributed by atoms with Gasteiger partial charge in [0.1, 0.15) is 6.61 Å². The van der Waals surface area contributed by atoms with E-state index in [2.05, 4.69) is 16.7 Å². The molecule has 5 nitrogen and oxygen atoms in total. The SMILES string of the molecule is COc1cccc(OC)c1OCC#CCN1CCOCC1. The molecule has 21 heavy (non-hydrogen) atoms. The van der Waals surface area contributed by atoms with Crippen molar-refractivity contribution in [2.45, 2.75) is 0 Å². The summed E-state index contributed by atoms with van der Waals surface area (Å²) >= 11 is 0. The van der Waals surface area contributed by atoms with Crippen LogP contribution < -0.4 is 14.2 Å². The van der Waals surface area contributed by atoms with Crippen molar-refractivity contribution in [1.29, 1.82) is 0 Å². The molecule has 1 aliphatic rings. The summed E-state index contributed by atoms with van der Waals surface area (Å²) in [5, 5.41) is 0. The lowest BCUT2D eigenvalue weighted by Crippen LogP contribution is -2.36. The Hall–Kier alpha value is -1.90. The number of hydrogen-bond donors (Lipinski definition) is 0. The zero-order valence-electron chi connectivity index (χ0n) is 12.6. The second-order valence-corrected chi connectivity index (χ2v) is 4.52. The maximum absolute atomic E-state index is 5.67. The summed E-state index contributed by atoms with van der Waals surface area (Å²) in [6.07, 6.45) is 0. The Morgan fingerprint density at radius 2 is 1.76 bits per heavy atom. The maximum Gasteiger partial charge on any atom is 0.204 e. The molecule has 1 heterocycles. The molecule has 0 N–H and O–H groups in total. The molecule has 0 saturated carbocycles. The van der Waals surface area contributed by atoms with Crippen LogP contribution in [-0.2, 0) is 4.74 Å². The summed E-state index contributed by atoms with van der Waals surface area (Å²) in [6, 6.07) is 5.52. The zero-order chi connectivity index (χ0) is 14.9. The predicted molar refractivity (Wildman–Crippen MR) is 80.1 cm³/mol. The largest absolute Gasteiger partial charge is 0.493 e. The van der Waals surface area contributed by atoms with Crippen LogP contribution in [0.4, 0.5) is 0 Å². The van der Waals surface area contributed by atoms with Gasteiger partial charge in [-0.05, 0) is 12.1 Å². The zero-order valence-corrected chi connectivity index (χ0v) is 12.6. The van der Waals surface area contributed by atoms with Crippen LogP contribution in [0.5, 0.6) is 17.2 Å². The lowest BCUT2D eigenvalue weighted by atomic mass is 10.3. The third-order valence-corrected chi connectivity index (χ3v) is 3.20.